The van der Waals surface area contributed by atoms with Crippen LogP contribution in [-0.4, -0.2) is 24.0 Å². The van der Waals surface area contributed by atoms with Gasteiger partial charge < -0.3 is 4.74 Å². The normalized spacial score (nSPS) is 16.0. The van der Waals surface area contributed by atoms with E-state index in [1.807, 2.05) is 0 Å². The molecule has 1 N–H and O–H groups in total. The molecule has 3 rings (SSSR count). The second-order valence-electron chi connectivity index (χ2n) is 5.33. The second kappa shape index (κ2) is 7.23. The Bertz CT molecular complexity index is 961. The molecular weight excluding hydrogens is 379 g/mol. The summed E-state index contributed by atoms with van der Waals surface area (Å²) in [5.74, 6) is -1.35. The Morgan fingerprint density at radius 1 is 1.23 bits per heavy atom. The number of hydrogen-bond donors (Lipinski definition) is 1. The Kier molecular flexibility index (Phi) is 5.01. The highest BCUT2D eigenvalue weighted by atomic mass is 35.5. The minimum absolute atomic E-state index is 0.115. The maximum atomic E-state index is 13.5. The lowest BCUT2D eigenvalue weighted by Gasteiger charge is -2.28. The van der Waals surface area contributed by atoms with Gasteiger partial charge in [0.15, 0.2) is 5.11 Å². The lowest BCUT2D eigenvalue weighted by atomic mass is 10.1. The van der Waals surface area contributed by atoms with E-state index in [1.54, 1.807) is 18.2 Å². The summed E-state index contributed by atoms with van der Waals surface area (Å²) >= 11 is 11.1. The fraction of sp³-hybridized carbons (Fsp3) is 0.0556. The van der Waals surface area contributed by atoms with Gasteiger partial charge in [0.25, 0.3) is 11.8 Å². The number of ether oxygens (including phenoxy) is 1. The van der Waals surface area contributed by atoms with Crippen LogP contribution < -0.4 is 15.0 Å². The number of hydrogen-bond acceptors (Lipinski definition) is 4. The van der Waals surface area contributed by atoms with E-state index in [1.165, 1.54) is 31.4 Å². The van der Waals surface area contributed by atoms with Crippen molar-refractivity contribution in [2.75, 3.05) is 12.0 Å². The highest BCUT2D eigenvalue weighted by molar-refractivity contribution is 7.80. The summed E-state index contributed by atoms with van der Waals surface area (Å²) in [6.07, 6.45) is 1.39. The van der Waals surface area contributed by atoms with Crippen LogP contribution >= 0.6 is 23.8 Å². The Balaban J connectivity index is 2.01. The van der Waals surface area contributed by atoms with E-state index in [0.29, 0.717) is 16.3 Å². The van der Waals surface area contributed by atoms with Crippen molar-refractivity contribution in [3.05, 3.63) is 64.4 Å². The molecule has 2 aromatic carbocycles. The van der Waals surface area contributed by atoms with Crippen LogP contribution in [0, 0.1) is 5.82 Å². The molecule has 0 atom stereocenters. The average Bonchev–Trinajstić information content (AvgIpc) is 2.58. The van der Waals surface area contributed by atoms with Gasteiger partial charge in [-0.2, -0.15) is 0 Å². The molecule has 0 unspecified atom stereocenters. The highest BCUT2D eigenvalue weighted by Crippen LogP contribution is 2.27. The molecule has 1 heterocycles. The Hall–Kier alpha value is -2.77. The number of carbonyl (C=O) groups is 2. The van der Waals surface area contributed by atoms with Crippen molar-refractivity contribution in [2.24, 2.45) is 0 Å². The van der Waals surface area contributed by atoms with Gasteiger partial charge in [-0.05, 0) is 54.2 Å². The predicted molar refractivity (Wildman–Crippen MR) is 101 cm³/mol. The van der Waals surface area contributed by atoms with Crippen molar-refractivity contribution >= 4 is 52.5 Å². The van der Waals surface area contributed by atoms with E-state index < -0.39 is 17.6 Å². The molecule has 8 heteroatoms. The Labute approximate surface area is 159 Å². The van der Waals surface area contributed by atoms with Gasteiger partial charge in [-0.1, -0.05) is 23.7 Å². The predicted octanol–water partition coefficient (Wildman–Crippen LogP) is 3.32. The zero-order valence-electron chi connectivity index (χ0n) is 13.5. The number of anilines is 1. The van der Waals surface area contributed by atoms with Gasteiger partial charge in [0.05, 0.1) is 17.8 Å². The third kappa shape index (κ3) is 3.44. The first kappa shape index (κ1) is 18.0. The van der Waals surface area contributed by atoms with Crippen molar-refractivity contribution in [1.82, 2.24) is 5.32 Å². The van der Waals surface area contributed by atoms with Crippen LogP contribution in [0.4, 0.5) is 10.1 Å². The molecule has 2 aromatic rings. The van der Waals surface area contributed by atoms with Gasteiger partial charge in [0.2, 0.25) is 0 Å². The molecule has 1 aliphatic rings. The molecule has 0 bridgehead atoms. The smallest absolute Gasteiger partial charge is 0.270 e. The van der Waals surface area contributed by atoms with Crippen molar-refractivity contribution in [1.29, 1.82) is 0 Å². The minimum atomic E-state index is -0.656. The summed E-state index contributed by atoms with van der Waals surface area (Å²) in [4.78, 5) is 26.1. The number of benzene rings is 2. The van der Waals surface area contributed by atoms with Crippen LogP contribution in [0.5, 0.6) is 5.75 Å². The number of amides is 2. The third-order valence-corrected chi connectivity index (χ3v) is 4.23. The van der Waals surface area contributed by atoms with Gasteiger partial charge in [-0.25, -0.2) is 4.39 Å². The summed E-state index contributed by atoms with van der Waals surface area (Å²) in [5, 5.41) is 2.66. The molecular formula is C18H12ClFN2O3S. The van der Waals surface area contributed by atoms with E-state index in [-0.39, 0.29) is 16.4 Å². The number of rotatable bonds is 3. The monoisotopic (exact) mass is 390 g/mol. The van der Waals surface area contributed by atoms with Crippen molar-refractivity contribution in [3.8, 4) is 5.75 Å². The quantitative estimate of drug-likeness (QED) is 0.496. The maximum absolute atomic E-state index is 13.5. The second-order valence-corrected chi connectivity index (χ2v) is 6.13. The molecule has 26 heavy (non-hydrogen) atoms. The fourth-order valence-electron chi connectivity index (χ4n) is 2.45. The topological polar surface area (TPSA) is 58.6 Å². The summed E-state index contributed by atoms with van der Waals surface area (Å²) < 4.78 is 18.6. The van der Waals surface area contributed by atoms with Gasteiger partial charge in [-0.3, -0.25) is 19.8 Å². The standard InChI is InChI=1S/C18H12ClFN2O3S/c1-25-15-6-5-10(8-14(15)19)7-13-16(23)21-18(26)22(17(13)24)12-4-2-3-11(20)9-12/h2-9H,1H3,(H,21,23,26). The van der Waals surface area contributed by atoms with E-state index in [9.17, 15) is 14.0 Å². The van der Waals surface area contributed by atoms with E-state index >= 15 is 0 Å². The van der Waals surface area contributed by atoms with E-state index in [2.05, 4.69) is 5.32 Å². The summed E-state index contributed by atoms with van der Waals surface area (Å²) in [6, 6.07) is 10.2. The van der Waals surface area contributed by atoms with Gasteiger partial charge >= 0.3 is 0 Å². The molecule has 5 nitrogen and oxygen atoms in total. The van der Waals surface area contributed by atoms with Gasteiger partial charge in [-0.15, -0.1) is 0 Å². The number of nitrogens with zero attached hydrogens (tertiary/aromatic N) is 1. The minimum Gasteiger partial charge on any atom is -0.495 e. The van der Waals surface area contributed by atoms with Gasteiger partial charge in [0.1, 0.15) is 17.1 Å². The largest absolute Gasteiger partial charge is 0.495 e. The lowest BCUT2D eigenvalue weighted by molar-refractivity contribution is -0.122. The first-order chi connectivity index (χ1) is 12.4. The molecule has 1 fully saturated rings. The number of thiocarbonyl (C=S) groups is 1. The van der Waals surface area contributed by atoms with Gasteiger partial charge in [0, 0.05) is 0 Å². The van der Waals surface area contributed by atoms with Crippen molar-refractivity contribution in [3.63, 3.8) is 0 Å². The Morgan fingerprint density at radius 2 is 2.00 bits per heavy atom. The van der Waals surface area contributed by atoms with Crippen LogP contribution in [0.2, 0.25) is 5.02 Å². The molecule has 132 valence electrons. The number of halogens is 2. The summed E-state index contributed by atoms with van der Waals surface area (Å²) in [7, 11) is 1.48. The van der Waals surface area contributed by atoms with Crippen molar-refractivity contribution < 1.29 is 18.7 Å². The summed E-state index contributed by atoms with van der Waals surface area (Å²) in [6.45, 7) is 0. The van der Waals surface area contributed by atoms with Crippen LogP contribution in [0.15, 0.2) is 48.0 Å². The first-order valence-electron chi connectivity index (χ1n) is 7.41. The number of carbonyl (C=O) groups excluding carboxylic acids is 2. The SMILES string of the molecule is COc1ccc(C=C2C(=O)NC(=S)N(c3cccc(F)c3)C2=O)cc1Cl. The molecule has 1 aliphatic heterocycles. The molecule has 0 aliphatic carbocycles. The molecule has 0 aromatic heterocycles. The van der Waals surface area contributed by atoms with Crippen LogP contribution in [0.25, 0.3) is 6.08 Å². The average molecular weight is 391 g/mol. The fourth-order valence-corrected chi connectivity index (χ4v) is 2.99. The van der Waals surface area contributed by atoms with Crippen LogP contribution in [0.3, 0.4) is 0 Å². The first-order valence-corrected chi connectivity index (χ1v) is 8.20. The molecule has 0 radical (unpaired) electrons. The van der Waals surface area contributed by atoms with E-state index in [0.717, 1.165) is 11.0 Å². The Morgan fingerprint density at radius 3 is 2.65 bits per heavy atom. The number of nitrogens with one attached hydrogen (secondary N) is 1. The van der Waals surface area contributed by atoms with Crippen LogP contribution in [0.1, 0.15) is 5.56 Å². The number of methoxy groups -OCH3 is 1. The molecule has 2 amide bonds. The van der Waals surface area contributed by atoms with Crippen molar-refractivity contribution in [2.45, 2.75) is 0 Å². The molecule has 0 spiro atoms. The van der Waals surface area contributed by atoms with E-state index in [4.69, 9.17) is 28.6 Å². The zero-order chi connectivity index (χ0) is 18.8. The van der Waals surface area contributed by atoms with Crippen LogP contribution in [-0.2, 0) is 9.59 Å². The zero-order valence-corrected chi connectivity index (χ0v) is 15.0. The summed E-state index contributed by atoms with van der Waals surface area (Å²) in [5.41, 5.74) is 0.601. The highest BCUT2D eigenvalue weighted by Gasteiger charge is 2.34. The molecule has 0 saturated carbocycles. The lowest BCUT2D eigenvalue weighted by Crippen LogP contribution is -2.54. The molecule has 1 saturated heterocycles. The maximum Gasteiger partial charge on any atom is 0.270 e. The third-order valence-electron chi connectivity index (χ3n) is 3.65.